The summed E-state index contributed by atoms with van der Waals surface area (Å²) < 4.78 is 6.88. The largest absolute Gasteiger partial charge is 0.376 e. The Bertz CT molecular complexity index is 1250. The summed E-state index contributed by atoms with van der Waals surface area (Å²) in [7, 11) is 0. The fraction of sp³-hybridized carbons (Fsp3) is 0.360. The third-order valence-electron chi connectivity index (χ3n) is 6.10. The molecule has 2 aromatic carbocycles. The molecule has 0 radical (unpaired) electrons. The van der Waals surface area contributed by atoms with Crippen molar-refractivity contribution in [1.82, 2.24) is 4.98 Å². The van der Waals surface area contributed by atoms with Crippen LogP contribution in [0.3, 0.4) is 0 Å². The summed E-state index contributed by atoms with van der Waals surface area (Å²) in [5, 5.41) is 0.623. The van der Waals surface area contributed by atoms with Crippen molar-refractivity contribution in [1.29, 1.82) is 0 Å². The van der Waals surface area contributed by atoms with Crippen LogP contribution in [0.5, 0.6) is 0 Å². The third kappa shape index (κ3) is 4.16. The van der Waals surface area contributed by atoms with Crippen molar-refractivity contribution in [2.24, 2.45) is 0 Å². The molecule has 170 valence electrons. The summed E-state index contributed by atoms with van der Waals surface area (Å²) in [6.45, 7) is 5.19. The molecule has 1 atom stereocenters. The summed E-state index contributed by atoms with van der Waals surface area (Å²) in [4.78, 5) is 45.8. The maximum absolute atomic E-state index is 13.7. The Labute approximate surface area is 196 Å². The first-order valence-electron chi connectivity index (χ1n) is 11.2. The number of carbonyl (C=O) groups is 3. The van der Waals surface area contributed by atoms with Gasteiger partial charge < -0.3 is 4.74 Å². The minimum Gasteiger partial charge on any atom is -0.376 e. The maximum atomic E-state index is 13.7. The van der Waals surface area contributed by atoms with E-state index in [1.807, 2.05) is 13.0 Å². The Morgan fingerprint density at radius 1 is 1.18 bits per heavy atom. The van der Waals surface area contributed by atoms with Gasteiger partial charge in [0.05, 0.1) is 28.6 Å². The van der Waals surface area contributed by atoms with E-state index in [2.05, 4.69) is 13.0 Å². The lowest BCUT2D eigenvalue weighted by Crippen LogP contribution is -2.37. The second-order valence-corrected chi connectivity index (χ2v) is 9.63. The molecule has 3 amide bonds. The van der Waals surface area contributed by atoms with Crippen molar-refractivity contribution in [3.05, 3.63) is 53.1 Å². The summed E-state index contributed by atoms with van der Waals surface area (Å²) in [5.41, 5.74) is 3.97. The van der Waals surface area contributed by atoms with Gasteiger partial charge in [-0.3, -0.25) is 24.2 Å². The van der Waals surface area contributed by atoms with Gasteiger partial charge in [0.2, 0.25) is 11.8 Å². The molecular weight excluding hydrogens is 438 g/mol. The Hall–Kier alpha value is -3.10. The van der Waals surface area contributed by atoms with Crippen LogP contribution < -0.4 is 9.80 Å². The molecule has 1 aromatic heterocycles. The molecule has 0 N–H and O–H groups in total. The van der Waals surface area contributed by atoms with Gasteiger partial charge in [-0.2, -0.15) is 0 Å². The molecule has 33 heavy (non-hydrogen) atoms. The lowest BCUT2D eigenvalue weighted by Gasteiger charge is -2.23. The molecule has 3 aromatic rings. The molecule has 0 saturated carbocycles. The summed E-state index contributed by atoms with van der Waals surface area (Å²) in [6, 6.07) is 10.9. The van der Waals surface area contributed by atoms with Gasteiger partial charge in [0.15, 0.2) is 5.13 Å². The third-order valence-corrected chi connectivity index (χ3v) is 7.33. The number of hydrogen-bond donors (Lipinski definition) is 0. The second kappa shape index (κ2) is 8.68. The van der Waals surface area contributed by atoms with Crippen LogP contribution in [0.15, 0.2) is 36.4 Å². The molecule has 2 fully saturated rings. The van der Waals surface area contributed by atoms with Gasteiger partial charge >= 0.3 is 0 Å². The van der Waals surface area contributed by atoms with E-state index in [-0.39, 0.29) is 36.7 Å². The maximum Gasteiger partial charge on any atom is 0.260 e. The molecule has 2 saturated heterocycles. The first-order valence-corrected chi connectivity index (χ1v) is 12.0. The number of carbonyl (C=O) groups excluding carboxylic acids is 3. The number of aromatic nitrogens is 1. The van der Waals surface area contributed by atoms with Crippen LogP contribution in [-0.4, -0.2) is 42.0 Å². The molecule has 0 bridgehead atoms. The highest BCUT2D eigenvalue weighted by atomic mass is 32.1. The first kappa shape index (κ1) is 21.7. The number of amides is 3. The highest BCUT2D eigenvalue weighted by Gasteiger charge is 2.32. The van der Waals surface area contributed by atoms with Crippen molar-refractivity contribution >= 4 is 50.1 Å². The van der Waals surface area contributed by atoms with Gasteiger partial charge in [0, 0.05) is 25.0 Å². The van der Waals surface area contributed by atoms with E-state index >= 15 is 0 Å². The fourth-order valence-corrected chi connectivity index (χ4v) is 5.54. The van der Waals surface area contributed by atoms with Gasteiger partial charge in [0.25, 0.3) is 5.91 Å². The average Bonchev–Trinajstić information content (AvgIpc) is 3.52. The number of hydrogen-bond acceptors (Lipinski definition) is 6. The molecular formula is C25H25N3O4S. The summed E-state index contributed by atoms with van der Waals surface area (Å²) in [6.07, 6.45) is 2.22. The Kier molecular flexibility index (Phi) is 5.72. The topological polar surface area (TPSA) is 79.8 Å². The number of fused-ring (bicyclic) bond motifs is 1. The number of ether oxygens (including phenoxy) is 1. The van der Waals surface area contributed by atoms with E-state index in [1.165, 1.54) is 16.2 Å². The SMILES string of the molecule is Cc1cc(C)c2sc(N(CC3CCCO3)C(=O)c3cccc(N4C(=O)CCC4=O)c3)nc2c1. The van der Waals surface area contributed by atoms with Crippen molar-refractivity contribution in [3.63, 3.8) is 0 Å². The van der Waals surface area contributed by atoms with Crippen LogP contribution in [-0.2, 0) is 14.3 Å². The Morgan fingerprint density at radius 2 is 1.97 bits per heavy atom. The van der Waals surface area contributed by atoms with Crippen LogP contribution in [0.4, 0.5) is 10.8 Å². The predicted octanol–water partition coefficient (Wildman–Crippen LogP) is 4.39. The van der Waals surface area contributed by atoms with Gasteiger partial charge in [-0.15, -0.1) is 0 Å². The number of rotatable bonds is 5. The van der Waals surface area contributed by atoms with Gasteiger partial charge in [-0.25, -0.2) is 4.98 Å². The zero-order chi connectivity index (χ0) is 23.1. The van der Waals surface area contributed by atoms with Gasteiger partial charge in [-0.05, 0) is 62.1 Å². The molecule has 0 aliphatic carbocycles. The van der Waals surface area contributed by atoms with E-state index in [9.17, 15) is 14.4 Å². The monoisotopic (exact) mass is 463 g/mol. The number of thiazole rings is 1. The summed E-state index contributed by atoms with van der Waals surface area (Å²) >= 11 is 1.50. The van der Waals surface area contributed by atoms with Crippen LogP contribution in [0, 0.1) is 13.8 Å². The van der Waals surface area contributed by atoms with Crippen molar-refractivity contribution in [2.45, 2.75) is 45.6 Å². The zero-order valence-corrected chi connectivity index (χ0v) is 19.5. The lowest BCUT2D eigenvalue weighted by molar-refractivity contribution is -0.121. The van der Waals surface area contributed by atoms with Crippen LogP contribution >= 0.6 is 11.3 Å². The van der Waals surface area contributed by atoms with Crippen LogP contribution in [0.1, 0.15) is 47.2 Å². The standard InChI is InChI=1S/C25H25N3O4S/c1-15-11-16(2)23-20(12-15)26-25(33-23)27(14-19-7-4-10-32-19)24(31)17-5-3-6-18(13-17)28-21(29)8-9-22(28)30/h3,5-6,11-13,19H,4,7-10,14H2,1-2H3. The Balaban J connectivity index is 1.52. The van der Waals surface area contributed by atoms with Crippen molar-refractivity contribution < 1.29 is 19.1 Å². The van der Waals surface area contributed by atoms with E-state index in [0.29, 0.717) is 29.5 Å². The molecule has 1 unspecified atom stereocenters. The molecule has 7 nitrogen and oxygen atoms in total. The predicted molar refractivity (Wildman–Crippen MR) is 128 cm³/mol. The second-order valence-electron chi connectivity index (χ2n) is 8.65. The fourth-order valence-electron chi connectivity index (χ4n) is 4.52. The molecule has 5 rings (SSSR count). The molecule has 2 aliphatic rings. The smallest absolute Gasteiger partial charge is 0.260 e. The summed E-state index contributed by atoms with van der Waals surface area (Å²) in [5.74, 6) is -0.699. The van der Waals surface area contributed by atoms with Crippen molar-refractivity contribution in [3.8, 4) is 0 Å². The average molecular weight is 464 g/mol. The number of nitrogens with zero attached hydrogens (tertiary/aromatic N) is 3. The number of imide groups is 1. The van der Waals surface area contributed by atoms with E-state index in [4.69, 9.17) is 9.72 Å². The minimum atomic E-state index is -0.238. The van der Waals surface area contributed by atoms with Crippen LogP contribution in [0.25, 0.3) is 10.2 Å². The van der Waals surface area contributed by atoms with E-state index in [1.54, 1.807) is 29.2 Å². The molecule has 2 aliphatic heterocycles. The van der Waals surface area contributed by atoms with E-state index in [0.717, 1.165) is 34.2 Å². The first-order chi connectivity index (χ1) is 15.9. The molecule has 3 heterocycles. The lowest BCUT2D eigenvalue weighted by atomic mass is 10.1. The number of anilines is 2. The molecule has 8 heteroatoms. The van der Waals surface area contributed by atoms with Gasteiger partial charge in [-0.1, -0.05) is 23.5 Å². The zero-order valence-electron chi connectivity index (χ0n) is 18.7. The van der Waals surface area contributed by atoms with Crippen molar-refractivity contribution in [2.75, 3.05) is 23.0 Å². The normalized spacial score (nSPS) is 18.5. The number of aryl methyl sites for hydroxylation is 2. The minimum absolute atomic E-state index is 0.0475. The van der Waals surface area contributed by atoms with Crippen LogP contribution in [0.2, 0.25) is 0 Å². The highest BCUT2D eigenvalue weighted by Crippen LogP contribution is 2.34. The Morgan fingerprint density at radius 3 is 2.70 bits per heavy atom. The van der Waals surface area contributed by atoms with Gasteiger partial charge in [0.1, 0.15) is 0 Å². The highest BCUT2D eigenvalue weighted by molar-refractivity contribution is 7.22. The van der Waals surface area contributed by atoms with E-state index < -0.39 is 0 Å². The quantitative estimate of drug-likeness (QED) is 0.524. The number of benzene rings is 2. The molecule has 0 spiro atoms.